The third-order valence-corrected chi connectivity index (χ3v) is 4.36. The normalized spacial score (nSPS) is 25.3. The van der Waals surface area contributed by atoms with Gasteiger partial charge in [-0.05, 0) is 26.2 Å². The third-order valence-electron chi connectivity index (χ3n) is 4.36. The first-order valence-corrected chi connectivity index (χ1v) is 7.70. The number of anilines is 2. The lowest BCUT2D eigenvalue weighted by molar-refractivity contribution is 0.0254. The number of nitrogens with zero attached hydrogens (tertiary/aromatic N) is 4. The van der Waals surface area contributed by atoms with E-state index >= 15 is 0 Å². The summed E-state index contributed by atoms with van der Waals surface area (Å²) in [6.45, 7) is 4.47. The predicted molar refractivity (Wildman–Crippen MR) is 80.6 cm³/mol. The summed E-state index contributed by atoms with van der Waals surface area (Å²) in [7, 11) is 0. The van der Waals surface area contributed by atoms with Crippen LogP contribution in [0.2, 0.25) is 0 Å². The fourth-order valence-corrected chi connectivity index (χ4v) is 3.45. The minimum absolute atomic E-state index is 0.342. The number of H-pyrrole nitrogens is 1. The lowest BCUT2D eigenvalue weighted by Crippen LogP contribution is -2.49. The highest BCUT2D eigenvalue weighted by Gasteiger charge is 2.37. The molecule has 7 heteroatoms. The van der Waals surface area contributed by atoms with Crippen molar-refractivity contribution in [3.8, 4) is 0 Å². The summed E-state index contributed by atoms with van der Waals surface area (Å²) in [6, 6.07) is 0.426. The summed E-state index contributed by atoms with van der Waals surface area (Å²) in [5, 5.41) is 3.19. The Morgan fingerprint density at radius 3 is 3.29 bits per heavy atom. The summed E-state index contributed by atoms with van der Waals surface area (Å²) in [5.74, 6) is 1.60. The largest absolute Gasteiger partial charge is 0.374 e. The molecule has 1 aliphatic carbocycles. The van der Waals surface area contributed by atoms with E-state index in [9.17, 15) is 0 Å². The monoisotopic (exact) mass is 288 g/mol. The molecule has 0 bridgehead atoms. The summed E-state index contributed by atoms with van der Waals surface area (Å²) in [5.41, 5.74) is 1.64. The van der Waals surface area contributed by atoms with Crippen LogP contribution in [0.5, 0.6) is 0 Å². The Kier molecular flexibility index (Phi) is 3.14. The van der Waals surface area contributed by atoms with Crippen LogP contribution in [0.25, 0.3) is 11.2 Å². The van der Waals surface area contributed by atoms with Crippen LogP contribution in [0.1, 0.15) is 26.2 Å². The van der Waals surface area contributed by atoms with Gasteiger partial charge in [-0.1, -0.05) is 0 Å². The zero-order valence-electron chi connectivity index (χ0n) is 12.2. The van der Waals surface area contributed by atoms with Crippen LogP contribution in [0.3, 0.4) is 0 Å². The topological polar surface area (TPSA) is 79.0 Å². The molecule has 0 amide bonds. The predicted octanol–water partition coefficient (Wildman–Crippen LogP) is 1.54. The van der Waals surface area contributed by atoms with Gasteiger partial charge < -0.3 is 19.9 Å². The fraction of sp³-hybridized carbons (Fsp3) is 0.643. The van der Waals surface area contributed by atoms with Gasteiger partial charge in [-0.3, -0.25) is 0 Å². The Bertz CT molecular complexity index is 641. The highest BCUT2D eigenvalue weighted by molar-refractivity contribution is 5.84. The maximum atomic E-state index is 5.90. The highest BCUT2D eigenvalue weighted by atomic mass is 16.5. The summed E-state index contributed by atoms with van der Waals surface area (Å²) in [6.07, 6.45) is 5.57. The van der Waals surface area contributed by atoms with Crippen molar-refractivity contribution in [2.75, 3.05) is 29.9 Å². The Balaban J connectivity index is 1.78. The molecule has 0 aromatic carbocycles. The van der Waals surface area contributed by atoms with Crippen molar-refractivity contribution in [1.29, 1.82) is 0 Å². The molecule has 4 rings (SSSR count). The summed E-state index contributed by atoms with van der Waals surface area (Å²) in [4.78, 5) is 19.0. The molecule has 2 unspecified atom stereocenters. The Hall–Kier alpha value is -1.89. The van der Waals surface area contributed by atoms with Crippen molar-refractivity contribution >= 4 is 22.9 Å². The van der Waals surface area contributed by atoms with E-state index in [2.05, 4.69) is 25.2 Å². The van der Waals surface area contributed by atoms with Gasteiger partial charge >= 0.3 is 0 Å². The average molecular weight is 288 g/mol. The molecule has 7 nitrogen and oxygen atoms in total. The summed E-state index contributed by atoms with van der Waals surface area (Å²) < 4.78 is 5.90. The maximum Gasteiger partial charge on any atom is 0.226 e. The minimum Gasteiger partial charge on any atom is -0.374 e. The van der Waals surface area contributed by atoms with Gasteiger partial charge in [0.25, 0.3) is 0 Å². The van der Waals surface area contributed by atoms with E-state index < -0.39 is 0 Å². The van der Waals surface area contributed by atoms with Gasteiger partial charge in [0.2, 0.25) is 5.95 Å². The van der Waals surface area contributed by atoms with Gasteiger partial charge in [0, 0.05) is 13.1 Å². The molecule has 21 heavy (non-hydrogen) atoms. The van der Waals surface area contributed by atoms with Crippen molar-refractivity contribution in [3.63, 3.8) is 0 Å². The molecule has 2 N–H and O–H groups in total. The number of hydrogen-bond acceptors (Lipinski definition) is 6. The molecule has 2 atom stereocenters. The number of imidazole rings is 1. The molecular weight excluding hydrogens is 268 g/mol. The first-order chi connectivity index (χ1) is 10.4. The lowest BCUT2D eigenvalue weighted by atomic mass is 10.1. The van der Waals surface area contributed by atoms with Gasteiger partial charge in [-0.25, -0.2) is 4.98 Å². The number of rotatable bonds is 3. The molecule has 1 aliphatic heterocycles. The molecule has 0 radical (unpaired) electrons. The van der Waals surface area contributed by atoms with E-state index in [1.165, 1.54) is 12.8 Å². The lowest BCUT2D eigenvalue weighted by Gasteiger charge is -2.38. The van der Waals surface area contributed by atoms with Crippen LogP contribution in [0.4, 0.5) is 11.8 Å². The standard InChI is InChI=1S/C14H20N6O/c1-2-15-14-18-12-11(16-8-17-12)13(19-14)20-6-7-21-10-5-3-4-9(10)20/h8-10H,2-7H2,1H3,(H2,15,16,17,18,19). The molecular formula is C14H20N6O. The number of fused-ring (bicyclic) bond motifs is 2. The Morgan fingerprint density at radius 2 is 2.38 bits per heavy atom. The molecule has 1 saturated heterocycles. The van der Waals surface area contributed by atoms with Gasteiger partial charge in [0.15, 0.2) is 11.5 Å². The molecule has 112 valence electrons. The fourth-order valence-electron chi connectivity index (χ4n) is 3.45. The smallest absolute Gasteiger partial charge is 0.226 e. The van der Waals surface area contributed by atoms with Crippen LogP contribution in [-0.4, -0.2) is 51.8 Å². The van der Waals surface area contributed by atoms with E-state index in [-0.39, 0.29) is 0 Å². The average Bonchev–Trinajstić information content (AvgIpc) is 3.14. The van der Waals surface area contributed by atoms with E-state index in [0.29, 0.717) is 18.1 Å². The Labute approximate surface area is 123 Å². The number of aromatic nitrogens is 4. The second-order valence-corrected chi connectivity index (χ2v) is 5.60. The number of ether oxygens (including phenoxy) is 1. The van der Waals surface area contributed by atoms with Gasteiger partial charge in [0.1, 0.15) is 5.52 Å². The number of aromatic amines is 1. The van der Waals surface area contributed by atoms with Crippen LogP contribution in [0, 0.1) is 0 Å². The second kappa shape index (κ2) is 5.14. The number of nitrogens with one attached hydrogen (secondary N) is 2. The highest BCUT2D eigenvalue weighted by Crippen LogP contribution is 2.34. The quantitative estimate of drug-likeness (QED) is 0.892. The SMILES string of the molecule is CCNc1nc(N2CCOC3CCCC32)c2[nH]cnc2n1. The van der Waals surface area contributed by atoms with Crippen molar-refractivity contribution in [2.45, 2.75) is 38.3 Å². The van der Waals surface area contributed by atoms with Crippen LogP contribution in [-0.2, 0) is 4.74 Å². The number of morpholine rings is 1. The minimum atomic E-state index is 0.342. The van der Waals surface area contributed by atoms with E-state index in [1.807, 2.05) is 6.92 Å². The van der Waals surface area contributed by atoms with Gasteiger partial charge in [-0.2, -0.15) is 9.97 Å². The maximum absolute atomic E-state index is 5.90. The molecule has 2 aromatic rings. The van der Waals surface area contributed by atoms with E-state index in [1.54, 1.807) is 6.33 Å². The van der Waals surface area contributed by atoms with E-state index in [4.69, 9.17) is 9.72 Å². The van der Waals surface area contributed by atoms with Crippen molar-refractivity contribution in [2.24, 2.45) is 0 Å². The van der Waals surface area contributed by atoms with Crippen molar-refractivity contribution < 1.29 is 4.74 Å². The molecule has 1 saturated carbocycles. The molecule has 2 aliphatic rings. The van der Waals surface area contributed by atoms with Gasteiger partial charge in [-0.15, -0.1) is 0 Å². The number of hydrogen-bond donors (Lipinski definition) is 2. The van der Waals surface area contributed by atoms with Crippen LogP contribution < -0.4 is 10.2 Å². The van der Waals surface area contributed by atoms with Crippen molar-refractivity contribution in [3.05, 3.63) is 6.33 Å². The molecule has 3 heterocycles. The van der Waals surface area contributed by atoms with Crippen molar-refractivity contribution in [1.82, 2.24) is 19.9 Å². The second-order valence-electron chi connectivity index (χ2n) is 5.60. The zero-order valence-corrected chi connectivity index (χ0v) is 12.2. The molecule has 2 aromatic heterocycles. The molecule has 0 spiro atoms. The third kappa shape index (κ3) is 2.12. The summed E-state index contributed by atoms with van der Waals surface area (Å²) >= 11 is 0. The first-order valence-electron chi connectivity index (χ1n) is 7.70. The van der Waals surface area contributed by atoms with E-state index in [0.717, 1.165) is 43.1 Å². The van der Waals surface area contributed by atoms with Gasteiger partial charge in [0.05, 0.1) is 25.1 Å². The first kappa shape index (κ1) is 12.8. The van der Waals surface area contributed by atoms with Crippen LogP contribution in [0.15, 0.2) is 6.33 Å². The molecule has 2 fully saturated rings. The van der Waals surface area contributed by atoms with Crippen LogP contribution >= 0.6 is 0 Å². The zero-order chi connectivity index (χ0) is 14.2. The Morgan fingerprint density at radius 1 is 1.43 bits per heavy atom.